The average Bonchev–Trinajstić information content (AvgIpc) is 2.35. The van der Waals surface area contributed by atoms with Crippen LogP contribution in [0.1, 0.15) is 11.6 Å². The Balaban J connectivity index is 0.00000256. The van der Waals surface area contributed by atoms with Gasteiger partial charge in [0.25, 0.3) is 0 Å². The van der Waals surface area contributed by atoms with Crippen molar-refractivity contribution in [3.05, 3.63) is 23.8 Å². The molecule has 0 amide bonds. The van der Waals surface area contributed by atoms with Gasteiger partial charge in [0.05, 0.1) is 21.3 Å². The predicted octanol–water partition coefficient (Wildman–Crippen LogP) is 1.30. The first kappa shape index (κ1) is 15.5. The zero-order valence-corrected chi connectivity index (χ0v) is 10.7. The first-order chi connectivity index (χ1) is 7.62. The van der Waals surface area contributed by atoms with E-state index in [9.17, 15) is 4.79 Å². The summed E-state index contributed by atoms with van der Waals surface area (Å²) in [5, 5.41) is 0. The molecule has 0 aromatic heterocycles. The van der Waals surface area contributed by atoms with Crippen molar-refractivity contribution in [1.82, 2.24) is 0 Å². The topological polar surface area (TPSA) is 70.8 Å². The van der Waals surface area contributed by atoms with Crippen LogP contribution in [0.3, 0.4) is 0 Å². The van der Waals surface area contributed by atoms with Crippen LogP contribution in [-0.2, 0) is 9.53 Å². The number of ether oxygens (including phenoxy) is 3. The maximum Gasteiger partial charge on any atom is 0.327 e. The standard InChI is InChI=1S/C11H15NO4.ClH/c1-14-8-4-7(5-9(6-8)15-2)10(12)11(13)16-3;/h4-6,10H,12H2,1-3H3;1H/t10-;/m1./s1. The molecule has 0 saturated heterocycles. The zero-order chi connectivity index (χ0) is 12.1. The number of rotatable bonds is 4. The van der Waals surface area contributed by atoms with Crippen LogP contribution >= 0.6 is 12.4 Å². The third-order valence-electron chi connectivity index (χ3n) is 2.19. The van der Waals surface area contributed by atoms with Crippen molar-refractivity contribution >= 4 is 18.4 Å². The number of esters is 1. The smallest absolute Gasteiger partial charge is 0.327 e. The molecule has 0 bridgehead atoms. The third kappa shape index (κ3) is 3.80. The lowest BCUT2D eigenvalue weighted by Gasteiger charge is -2.12. The Morgan fingerprint density at radius 3 is 1.94 bits per heavy atom. The van der Waals surface area contributed by atoms with Crippen LogP contribution < -0.4 is 15.2 Å². The van der Waals surface area contributed by atoms with E-state index in [1.165, 1.54) is 21.3 Å². The van der Waals surface area contributed by atoms with Crippen molar-refractivity contribution in [2.24, 2.45) is 5.73 Å². The summed E-state index contributed by atoms with van der Waals surface area (Å²) in [6.07, 6.45) is 0. The molecule has 0 aliphatic heterocycles. The molecule has 6 heteroatoms. The minimum absolute atomic E-state index is 0. The van der Waals surface area contributed by atoms with Gasteiger partial charge in [-0.05, 0) is 17.7 Å². The molecule has 96 valence electrons. The number of hydrogen-bond acceptors (Lipinski definition) is 5. The molecule has 1 rings (SSSR count). The van der Waals surface area contributed by atoms with Crippen LogP contribution in [0.4, 0.5) is 0 Å². The monoisotopic (exact) mass is 261 g/mol. The van der Waals surface area contributed by atoms with E-state index in [-0.39, 0.29) is 12.4 Å². The maximum absolute atomic E-state index is 11.3. The molecule has 0 heterocycles. The van der Waals surface area contributed by atoms with Gasteiger partial charge in [-0.1, -0.05) is 0 Å². The molecule has 0 fully saturated rings. The number of halogens is 1. The molecule has 2 N–H and O–H groups in total. The van der Waals surface area contributed by atoms with Crippen molar-refractivity contribution in [2.75, 3.05) is 21.3 Å². The zero-order valence-electron chi connectivity index (χ0n) is 9.93. The SMILES string of the molecule is COC(=O)[C@H](N)c1cc(OC)cc(OC)c1.Cl. The number of benzene rings is 1. The van der Waals surface area contributed by atoms with Gasteiger partial charge in [0.1, 0.15) is 17.5 Å². The number of carbonyl (C=O) groups is 1. The van der Waals surface area contributed by atoms with Gasteiger partial charge in [-0.3, -0.25) is 4.79 Å². The lowest BCUT2D eigenvalue weighted by molar-refractivity contribution is -0.142. The summed E-state index contributed by atoms with van der Waals surface area (Å²) in [6, 6.07) is 4.20. The van der Waals surface area contributed by atoms with Gasteiger partial charge in [0.15, 0.2) is 0 Å². The van der Waals surface area contributed by atoms with Crippen molar-refractivity contribution in [3.8, 4) is 11.5 Å². The minimum atomic E-state index is -0.839. The van der Waals surface area contributed by atoms with Gasteiger partial charge in [0, 0.05) is 6.07 Å². The van der Waals surface area contributed by atoms with Gasteiger partial charge in [-0.25, -0.2) is 0 Å². The van der Waals surface area contributed by atoms with E-state index in [4.69, 9.17) is 15.2 Å². The maximum atomic E-state index is 11.3. The molecule has 17 heavy (non-hydrogen) atoms. The van der Waals surface area contributed by atoms with Gasteiger partial charge < -0.3 is 19.9 Å². The van der Waals surface area contributed by atoms with Crippen LogP contribution in [0.5, 0.6) is 11.5 Å². The molecule has 0 saturated carbocycles. The van der Waals surface area contributed by atoms with Crippen molar-refractivity contribution in [1.29, 1.82) is 0 Å². The summed E-state index contributed by atoms with van der Waals surface area (Å²) in [7, 11) is 4.35. The quantitative estimate of drug-likeness (QED) is 0.827. The van der Waals surface area contributed by atoms with Gasteiger partial charge >= 0.3 is 5.97 Å². The molecule has 0 aliphatic rings. The van der Waals surface area contributed by atoms with E-state index < -0.39 is 12.0 Å². The highest BCUT2D eigenvalue weighted by atomic mass is 35.5. The highest BCUT2D eigenvalue weighted by molar-refractivity contribution is 5.85. The van der Waals surface area contributed by atoms with E-state index in [2.05, 4.69) is 4.74 Å². The van der Waals surface area contributed by atoms with Gasteiger partial charge in [-0.15, -0.1) is 12.4 Å². The van der Waals surface area contributed by atoms with Crippen LogP contribution in [0, 0.1) is 0 Å². The predicted molar refractivity (Wildman–Crippen MR) is 65.7 cm³/mol. The van der Waals surface area contributed by atoms with E-state index in [1.807, 2.05) is 0 Å². The first-order valence-electron chi connectivity index (χ1n) is 4.68. The second kappa shape index (κ2) is 6.98. The Morgan fingerprint density at radius 1 is 1.12 bits per heavy atom. The van der Waals surface area contributed by atoms with Gasteiger partial charge in [-0.2, -0.15) is 0 Å². The number of hydrogen-bond donors (Lipinski definition) is 1. The Hall–Kier alpha value is -1.46. The van der Waals surface area contributed by atoms with E-state index in [0.29, 0.717) is 17.1 Å². The van der Waals surface area contributed by atoms with E-state index >= 15 is 0 Å². The van der Waals surface area contributed by atoms with Crippen LogP contribution in [0.25, 0.3) is 0 Å². The third-order valence-corrected chi connectivity index (χ3v) is 2.19. The molecule has 5 nitrogen and oxygen atoms in total. The fourth-order valence-electron chi connectivity index (χ4n) is 1.27. The lowest BCUT2D eigenvalue weighted by Crippen LogP contribution is -2.22. The molecular formula is C11H16ClNO4. The second-order valence-electron chi connectivity index (χ2n) is 3.15. The summed E-state index contributed by atoms with van der Waals surface area (Å²) >= 11 is 0. The van der Waals surface area contributed by atoms with E-state index in [0.717, 1.165) is 0 Å². The number of nitrogens with two attached hydrogens (primary N) is 1. The normalized spacial score (nSPS) is 11.1. The Kier molecular flexibility index (Phi) is 6.38. The average molecular weight is 262 g/mol. The number of methoxy groups -OCH3 is 3. The van der Waals surface area contributed by atoms with Gasteiger partial charge in [0.2, 0.25) is 0 Å². The highest BCUT2D eigenvalue weighted by Crippen LogP contribution is 2.25. The van der Waals surface area contributed by atoms with Crippen molar-refractivity contribution < 1.29 is 19.0 Å². The Labute approximate surface area is 106 Å². The van der Waals surface area contributed by atoms with Crippen molar-refractivity contribution in [3.63, 3.8) is 0 Å². The lowest BCUT2D eigenvalue weighted by atomic mass is 10.1. The largest absolute Gasteiger partial charge is 0.497 e. The summed E-state index contributed by atoms with van der Waals surface area (Å²) in [5.41, 5.74) is 6.30. The Bertz CT molecular complexity index is 361. The van der Waals surface area contributed by atoms with Crippen LogP contribution in [0.15, 0.2) is 18.2 Å². The first-order valence-corrected chi connectivity index (χ1v) is 4.68. The molecule has 0 aliphatic carbocycles. The second-order valence-corrected chi connectivity index (χ2v) is 3.15. The van der Waals surface area contributed by atoms with Crippen LogP contribution in [-0.4, -0.2) is 27.3 Å². The van der Waals surface area contributed by atoms with Crippen LogP contribution in [0.2, 0.25) is 0 Å². The molecule has 1 atom stereocenters. The molecule has 0 radical (unpaired) electrons. The Morgan fingerprint density at radius 2 is 1.59 bits per heavy atom. The summed E-state index contributed by atoms with van der Waals surface area (Å²) in [6.45, 7) is 0. The van der Waals surface area contributed by atoms with Crippen molar-refractivity contribution in [2.45, 2.75) is 6.04 Å². The molecule has 0 spiro atoms. The number of carbonyl (C=O) groups excluding carboxylic acids is 1. The summed E-state index contributed by atoms with van der Waals surface area (Å²) in [4.78, 5) is 11.3. The highest BCUT2D eigenvalue weighted by Gasteiger charge is 2.17. The molecule has 0 unspecified atom stereocenters. The minimum Gasteiger partial charge on any atom is -0.497 e. The fourth-order valence-corrected chi connectivity index (χ4v) is 1.27. The summed E-state index contributed by atoms with van der Waals surface area (Å²) < 4.78 is 14.7. The molecular weight excluding hydrogens is 246 g/mol. The van der Waals surface area contributed by atoms with E-state index in [1.54, 1.807) is 18.2 Å². The summed E-state index contributed by atoms with van der Waals surface area (Å²) in [5.74, 6) is 0.651. The molecule has 1 aromatic rings. The fraction of sp³-hybridized carbons (Fsp3) is 0.364. The molecule has 1 aromatic carbocycles.